The van der Waals surface area contributed by atoms with Gasteiger partial charge in [-0.2, -0.15) is 0 Å². The number of ether oxygens (including phenoxy) is 3. The highest BCUT2D eigenvalue weighted by Crippen LogP contribution is 2.63. The Balaban J connectivity index is 2.04. The number of hydrogen-bond donors (Lipinski definition) is 0. The summed E-state index contributed by atoms with van der Waals surface area (Å²) in [6.07, 6.45) is 1.74. The predicted molar refractivity (Wildman–Crippen MR) is 64.5 cm³/mol. The molecule has 0 amide bonds. The summed E-state index contributed by atoms with van der Waals surface area (Å²) >= 11 is 0. The van der Waals surface area contributed by atoms with Gasteiger partial charge in [-0.3, -0.25) is 0 Å². The van der Waals surface area contributed by atoms with Crippen molar-refractivity contribution < 1.29 is 19.0 Å². The van der Waals surface area contributed by atoms with E-state index in [-0.39, 0.29) is 5.97 Å². The van der Waals surface area contributed by atoms with Crippen LogP contribution < -0.4 is 4.74 Å². The van der Waals surface area contributed by atoms with Crippen molar-refractivity contribution in [3.05, 3.63) is 29.3 Å². The Morgan fingerprint density at radius 3 is 2.83 bits per heavy atom. The van der Waals surface area contributed by atoms with Gasteiger partial charge in [-0.25, -0.2) is 4.79 Å². The average Bonchev–Trinajstić information content (AvgIpc) is 2.85. The maximum absolute atomic E-state index is 11.8. The molecule has 2 aliphatic rings. The number of aryl methyl sites for hydroxylation is 1. The molecule has 1 aliphatic carbocycles. The van der Waals surface area contributed by atoms with Gasteiger partial charge in [0.25, 0.3) is 0 Å². The molecule has 0 radical (unpaired) electrons. The number of methoxy groups -OCH3 is 2. The molecule has 4 nitrogen and oxygen atoms in total. The monoisotopic (exact) mass is 248 g/mol. The van der Waals surface area contributed by atoms with E-state index in [1.807, 2.05) is 18.2 Å². The Morgan fingerprint density at radius 2 is 2.17 bits per heavy atom. The van der Waals surface area contributed by atoms with E-state index in [0.717, 1.165) is 24.2 Å². The number of carbonyl (C=O) groups is 1. The minimum absolute atomic E-state index is 0.307. The maximum atomic E-state index is 11.8. The van der Waals surface area contributed by atoms with Crippen LogP contribution in [-0.4, -0.2) is 25.8 Å². The van der Waals surface area contributed by atoms with Gasteiger partial charge in [0, 0.05) is 0 Å². The van der Waals surface area contributed by atoms with E-state index in [2.05, 4.69) is 0 Å². The molecule has 1 heterocycles. The Bertz CT molecular complexity index is 525. The van der Waals surface area contributed by atoms with Gasteiger partial charge >= 0.3 is 5.97 Å². The molecule has 1 fully saturated rings. The Labute approximate surface area is 106 Å². The maximum Gasteiger partial charge on any atom is 0.341 e. The number of hydrogen-bond acceptors (Lipinski definition) is 4. The number of carbonyl (C=O) groups excluding carboxylic acids is 1. The van der Waals surface area contributed by atoms with Crippen molar-refractivity contribution in [3.8, 4) is 5.75 Å². The number of fused-ring (bicyclic) bond motifs is 2. The van der Waals surface area contributed by atoms with Crippen LogP contribution in [0.5, 0.6) is 5.75 Å². The van der Waals surface area contributed by atoms with Gasteiger partial charge in [0.1, 0.15) is 11.4 Å². The van der Waals surface area contributed by atoms with Crippen LogP contribution in [0.15, 0.2) is 18.2 Å². The minimum atomic E-state index is -0.848. The van der Waals surface area contributed by atoms with E-state index in [9.17, 15) is 4.79 Å². The molecule has 2 atom stereocenters. The summed E-state index contributed by atoms with van der Waals surface area (Å²) in [5, 5.41) is 0. The summed E-state index contributed by atoms with van der Waals surface area (Å²) in [6, 6.07) is 5.95. The summed E-state index contributed by atoms with van der Waals surface area (Å²) in [7, 11) is 3.03. The van der Waals surface area contributed by atoms with Gasteiger partial charge in [0.2, 0.25) is 0 Å². The number of benzene rings is 1. The van der Waals surface area contributed by atoms with Crippen LogP contribution in [0.3, 0.4) is 0 Å². The zero-order valence-electron chi connectivity index (χ0n) is 10.8. The number of epoxide rings is 1. The van der Waals surface area contributed by atoms with Crippen LogP contribution >= 0.6 is 0 Å². The highest BCUT2D eigenvalue weighted by atomic mass is 16.7. The second-order valence-electron chi connectivity index (χ2n) is 4.98. The van der Waals surface area contributed by atoms with Gasteiger partial charge < -0.3 is 14.2 Å². The Kier molecular flexibility index (Phi) is 2.23. The van der Waals surface area contributed by atoms with Gasteiger partial charge in [0.15, 0.2) is 5.60 Å². The van der Waals surface area contributed by atoms with Crippen molar-refractivity contribution in [3.63, 3.8) is 0 Å². The fourth-order valence-corrected chi connectivity index (χ4v) is 3.05. The molecule has 2 unspecified atom stereocenters. The third kappa shape index (κ3) is 1.21. The first-order valence-corrected chi connectivity index (χ1v) is 6.03. The van der Waals surface area contributed by atoms with E-state index >= 15 is 0 Å². The van der Waals surface area contributed by atoms with E-state index in [1.165, 1.54) is 12.7 Å². The lowest BCUT2D eigenvalue weighted by atomic mass is 9.88. The molecule has 18 heavy (non-hydrogen) atoms. The molecule has 1 aromatic rings. The molecular formula is C14H16O4. The Morgan fingerprint density at radius 1 is 1.39 bits per heavy atom. The molecule has 96 valence electrons. The smallest absolute Gasteiger partial charge is 0.341 e. The quantitative estimate of drug-likeness (QED) is 0.591. The zero-order valence-corrected chi connectivity index (χ0v) is 10.8. The molecule has 4 heteroatoms. The molecule has 0 saturated carbocycles. The lowest BCUT2D eigenvalue weighted by molar-refractivity contribution is -0.146. The number of esters is 1. The Hall–Kier alpha value is -1.55. The van der Waals surface area contributed by atoms with E-state index in [4.69, 9.17) is 14.2 Å². The average molecular weight is 248 g/mol. The van der Waals surface area contributed by atoms with E-state index < -0.39 is 11.2 Å². The summed E-state index contributed by atoms with van der Waals surface area (Å²) < 4.78 is 15.9. The lowest BCUT2D eigenvalue weighted by Crippen LogP contribution is -2.29. The third-order valence-electron chi connectivity index (χ3n) is 4.18. The fraction of sp³-hybridized carbons (Fsp3) is 0.500. The second kappa shape index (κ2) is 3.48. The van der Waals surface area contributed by atoms with Gasteiger partial charge in [0.05, 0.1) is 14.2 Å². The van der Waals surface area contributed by atoms with Crippen LogP contribution in [0.1, 0.15) is 24.5 Å². The first-order chi connectivity index (χ1) is 8.57. The van der Waals surface area contributed by atoms with Crippen molar-refractivity contribution in [2.45, 2.75) is 31.0 Å². The first-order valence-electron chi connectivity index (χ1n) is 6.03. The third-order valence-corrected chi connectivity index (χ3v) is 4.18. The van der Waals surface area contributed by atoms with Crippen molar-refractivity contribution in [1.82, 2.24) is 0 Å². The highest BCUT2D eigenvalue weighted by Gasteiger charge is 2.74. The van der Waals surface area contributed by atoms with Crippen LogP contribution in [0.25, 0.3) is 0 Å². The molecule has 3 rings (SSSR count). The molecule has 1 aromatic carbocycles. The van der Waals surface area contributed by atoms with Gasteiger partial charge in [-0.15, -0.1) is 0 Å². The first kappa shape index (κ1) is 11.5. The molecule has 0 bridgehead atoms. The largest absolute Gasteiger partial charge is 0.497 e. The summed E-state index contributed by atoms with van der Waals surface area (Å²) in [6.45, 7) is 1.80. The van der Waals surface area contributed by atoms with Crippen molar-refractivity contribution in [2.24, 2.45) is 0 Å². The minimum Gasteiger partial charge on any atom is -0.497 e. The fourth-order valence-electron chi connectivity index (χ4n) is 3.05. The topological polar surface area (TPSA) is 48.1 Å². The van der Waals surface area contributed by atoms with Gasteiger partial charge in [-0.1, -0.05) is 6.07 Å². The molecule has 1 aliphatic heterocycles. The van der Waals surface area contributed by atoms with E-state index in [0.29, 0.717) is 0 Å². The summed E-state index contributed by atoms with van der Waals surface area (Å²) in [5.41, 5.74) is 0.932. The van der Waals surface area contributed by atoms with Crippen molar-refractivity contribution >= 4 is 5.97 Å². The van der Waals surface area contributed by atoms with Crippen molar-refractivity contribution in [1.29, 1.82) is 0 Å². The van der Waals surface area contributed by atoms with Crippen LogP contribution in [-0.2, 0) is 26.3 Å². The summed E-state index contributed by atoms with van der Waals surface area (Å²) in [4.78, 5) is 11.8. The molecule has 0 aromatic heterocycles. The zero-order chi connectivity index (χ0) is 13.0. The second-order valence-corrected chi connectivity index (χ2v) is 4.98. The number of rotatable bonds is 2. The normalized spacial score (nSPS) is 32.2. The van der Waals surface area contributed by atoms with Crippen LogP contribution in [0.4, 0.5) is 0 Å². The van der Waals surface area contributed by atoms with Crippen LogP contribution in [0, 0.1) is 0 Å². The van der Waals surface area contributed by atoms with Crippen LogP contribution in [0.2, 0.25) is 0 Å². The SMILES string of the molecule is COC(=O)C1(C)OC12CCc1ccc(OC)cc12. The molecular weight excluding hydrogens is 232 g/mol. The summed E-state index contributed by atoms with van der Waals surface area (Å²) in [5.74, 6) is 0.482. The standard InChI is InChI=1S/C14H16O4/c1-13(12(15)17-3)14(18-13)7-6-9-4-5-10(16-2)8-11(9)14/h4-5,8H,6-7H2,1-3H3. The lowest BCUT2D eigenvalue weighted by Gasteiger charge is -2.11. The molecule has 1 spiro atoms. The highest BCUT2D eigenvalue weighted by molar-refractivity contribution is 5.85. The van der Waals surface area contributed by atoms with E-state index in [1.54, 1.807) is 14.0 Å². The van der Waals surface area contributed by atoms with Gasteiger partial charge in [-0.05, 0) is 43.0 Å². The molecule has 1 saturated heterocycles. The van der Waals surface area contributed by atoms with Crippen molar-refractivity contribution in [2.75, 3.05) is 14.2 Å². The molecule has 0 N–H and O–H groups in total. The predicted octanol–water partition coefficient (Wildman–Crippen LogP) is 1.80.